The highest BCUT2D eigenvalue weighted by molar-refractivity contribution is 5.80. The van der Waals surface area contributed by atoms with Gasteiger partial charge in [-0.1, -0.05) is 6.42 Å². The molecule has 1 aliphatic rings. The molecule has 0 aromatic carbocycles. The van der Waals surface area contributed by atoms with Gasteiger partial charge < -0.3 is 10.6 Å². The van der Waals surface area contributed by atoms with Crippen LogP contribution in [0.2, 0.25) is 0 Å². The topological polar surface area (TPSA) is 61.4 Å². The van der Waals surface area contributed by atoms with Crippen molar-refractivity contribution in [2.24, 2.45) is 0 Å². The van der Waals surface area contributed by atoms with Gasteiger partial charge in [0.1, 0.15) is 0 Å². The van der Waals surface area contributed by atoms with E-state index in [1.807, 2.05) is 0 Å². The minimum atomic E-state index is -0.0463. The number of nitrogens with zero attached hydrogens (tertiary/aromatic N) is 1. The maximum Gasteiger partial charge on any atom is 0.234 e. The second kappa shape index (κ2) is 7.36. The van der Waals surface area contributed by atoms with E-state index < -0.39 is 0 Å². The molecule has 2 N–H and O–H groups in total. The Kier molecular flexibility index (Phi) is 6.12. The summed E-state index contributed by atoms with van der Waals surface area (Å²) in [6.07, 6.45) is 3.91. The molecule has 1 saturated heterocycles. The predicted molar refractivity (Wildman–Crippen MR) is 71.2 cm³/mol. The number of hydrogen-bond donors (Lipinski definition) is 2. The standard InChI is InChI=1S/C13H25N3O2/c1-10-5-4-6-11(2)16(10)9-13(18)15-8-7-12(17)14-3/h10-11H,4-9H2,1-3H3,(H,14,17)(H,15,18)/t10-,11+/i1+1,2+1,10+1,11+1,16+1. The average Bonchev–Trinajstić information content (AvgIpc) is 2.34. The first-order chi connectivity index (χ1) is 8.54. The Morgan fingerprint density at radius 3 is 2.33 bits per heavy atom. The molecule has 1 rings (SSSR count). The first kappa shape index (κ1) is 15.0. The van der Waals surface area contributed by atoms with E-state index in [9.17, 15) is 9.59 Å². The molecule has 1 heterocycles. The van der Waals surface area contributed by atoms with Gasteiger partial charge in [-0.3, -0.25) is 14.5 Å². The van der Waals surface area contributed by atoms with Gasteiger partial charge in [0.25, 0.3) is 0 Å². The van der Waals surface area contributed by atoms with E-state index in [0.717, 1.165) is 12.8 Å². The molecule has 0 unspecified atom stereocenters. The summed E-state index contributed by atoms with van der Waals surface area (Å²) in [6, 6.07) is 0.942. The number of nitrogens with one attached hydrogen (secondary N) is 2. The average molecular weight is 260 g/mol. The Bertz CT molecular complexity index is 284. The molecule has 0 spiro atoms. The number of piperidine rings is 1. The van der Waals surface area contributed by atoms with Gasteiger partial charge in [0.2, 0.25) is 11.8 Å². The van der Waals surface area contributed by atoms with Crippen LogP contribution in [0.3, 0.4) is 0 Å². The van der Waals surface area contributed by atoms with E-state index >= 15 is 0 Å². The van der Waals surface area contributed by atoms with Crippen LogP contribution in [-0.2, 0) is 9.59 Å². The van der Waals surface area contributed by atoms with Crippen LogP contribution in [0.1, 0.15) is 39.5 Å². The van der Waals surface area contributed by atoms with E-state index in [-0.39, 0.29) is 11.8 Å². The van der Waals surface area contributed by atoms with Gasteiger partial charge in [0.05, 0.1) is 6.54 Å². The second-order valence-electron chi connectivity index (χ2n) is 5.07. The number of carbonyl (C=O) groups excluding carboxylic acids is 2. The quantitative estimate of drug-likeness (QED) is 0.559. The first-order valence-corrected chi connectivity index (χ1v) is 6.77. The van der Waals surface area contributed by atoms with Crippen molar-refractivity contribution >= 4 is 11.8 Å². The van der Waals surface area contributed by atoms with Gasteiger partial charge >= 0.3 is 0 Å². The van der Waals surface area contributed by atoms with Crippen LogP contribution in [-0.4, -0.2) is 48.9 Å². The molecule has 2 atom stereocenters. The van der Waals surface area contributed by atoms with Crippen molar-refractivity contribution in [1.29, 1.82) is 0 Å². The Morgan fingerprint density at radius 2 is 1.78 bits per heavy atom. The lowest BCUT2D eigenvalue weighted by Gasteiger charge is -2.38. The van der Waals surface area contributed by atoms with Crippen LogP contribution in [0.15, 0.2) is 0 Å². The SMILES string of the molecule is CNC(=O)CCNC(=O)C[15N]1[13C@H]([13CH3])CCC[13C@@H]1[13CH3]. The fraction of sp³-hybridized carbons (Fsp3) is 0.846. The highest BCUT2D eigenvalue weighted by atomic mass is 16.2. The Labute approximate surface area is 109 Å². The fourth-order valence-corrected chi connectivity index (χ4v) is 2.45. The van der Waals surface area contributed by atoms with Gasteiger partial charge in [-0.25, -0.2) is 0 Å². The highest BCUT2D eigenvalue weighted by Gasteiger charge is 2.26. The smallest absolute Gasteiger partial charge is 0.234 e. The summed E-state index contributed by atoms with van der Waals surface area (Å²) < 4.78 is 0. The van der Waals surface area contributed by atoms with Crippen molar-refractivity contribution in [1.82, 2.24) is 15.5 Å². The third kappa shape index (κ3) is 4.64. The zero-order valence-corrected chi connectivity index (χ0v) is 11.7. The largest absolute Gasteiger partial charge is 0.359 e. The van der Waals surface area contributed by atoms with Crippen LogP contribution in [0, 0.1) is 0 Å². The number of carbonyl (C=O) groups is 2. The molecule has 0 saturated carbocycles. The van der Waals surface area contributed by atoms with Gasteiger partial charge in [0.15, 0.2) is 0 Å². The van der Waals surface area contributed by atoms with E-state index in [0.29, 0.717) is 31.6 Å². The molecule has 0 aromatic rings. The van der Waals surface area contributed by atoms with Gasteiger partial charge in [-0.15, -0.1) is 0 Å². The third-order valence-corrected chi connectivity index (χ3v) is 3.66. The van der Waals surface area contributed by atoms with Crippen LogP contribution >= 0.6 is 0 Å². The Hall–Kier alpha value is -1.10. The van der Waals surface area contributed by atoms with Gasteiger partial charge in [0, 0.05) is 32.1 Å². The number of amides is 2. The zero-order chi connectivity index (χ0) is 13.5. The molecular weight excluding hydrogens is 235 g/mol. The summed E-state index contributed by atoms with van der Waals surface area (Å²) in [4.78, 5) is 25.1. The summed E-state index contributed by atoms with van der Waals surface area (Å²) in [7, 11) is 1.60. The first-order valence-electron chi connectivity index (χ1n) is 6.77. The van der Waals surface area contributed by atoms with E-state index in [4.69, 9.17) is 0 Å². The lowest BCUT2D eigenvalue weighted by molar-refractivity contribution is -0.124. The fourth-order valence-electron chi connectivity index (χ4n) is 2.45. The molecule has 0 aromatic heterocycles. The molecular formula is C13H25N3O2. The number of hydrogen-bond acceptors (Lipinski definition) is 3. The lowest BCUT2D eigenvalue weighted by atomic mass is 10.3. The van der Waals surface area contributed by atoms with Crippen LogP contribution < -0.4 is 10.6 Å². The van der Waals surface area contributed by atoms with Crippen molar-refractivity contribution < 1.29 is 9.59 Å². The molecule has 0 radical (unpaired) electrons. The van der Waals surface area contributed by atoms with Gasteiger partial charge in [-0.2, -0.15) is 0 Å². The van der Waals surface area contributed by atoms with E-state index in [2.05, 4.69) is 29.4 Å². The third-order valence-electron chi connectivity index (χ3n) is 3.66. The monoisotopic (exact) mass is 260 g/mol. The Morgan fingerprint density at radius 1 is 1.17 bits per heavy atom. The van der Waals surface area contributed by atoms with Crippen molar-refractivity contribution in [2.45, 2.75) is 51.6 Å². The van der Waals surface area contributed by atoms with E-state index in [1.54, 1.807) is 7.05 Å². The number of rotatable bonds is 5. The minimum Gasteiger partial charge on any atom is -0.359 e. The summed E-state index contributed by atoms with van der Waals surface area (Å²) in [5, 5.41) is 5.33. The van der Waals surface area contributed by atoms with Crippen molar-refractivity contribution in [3.05, 3.63) is 0 Å². The van der Waals surface area contributed by atoms with E-state index in [1.165, 1.54) is 6.42 Å². The van der Waals surface area contributed by atoms with Crippen molar-refractivity contribution in [3.8, 4) is 0 Å². The van der Waals surface area contributed by atoms with Crippen LogP contribution in [0.25, 0.3) is 0 Å². The molecule has 1 fully saturated rings. The summed E-state index contributed by atoms with van der Waals surface area (Å²) in [5.74, 6) is -0.0329. The molecule has 0 aliphatic carbocycles. The zero-order valence-electron chi connectivity index (χ0n) is 11.7. The summed E-state index contributed by atoms with van der Waals surface area (Å²) in [5.41, 5.74) is 0. The lowest BCUT2D eigenvalue weighted by Crippen LogP contribution is -2.48. The number of likely N-dealkylation sites (tertiary alicyclic amines) is 1. The second-order valence-corrected chi connectivity index (χ2v) is 5.07. The summed E-state index contributed by atoms with van der Waals surface area (Å²) >= 11 is 0. The van der Waals surface area contributed by atoms with Gasteiger partial charge in [-0.05, 0) is 26.7 Å². The van der Waals surface area contributed by atoms with Crippen molar-refractivity contribution in [3.63, 3.8) is 0 Å². The van der Waals surface area contributed by atoms with Crippen LogP contribution in [0.4, 0.5) is 0 Å². The minimum absolute atomic E-state index is 0.0134. The van der Waals surface area contributed by atoms with Crippen molar-refractivity contribution in [2.75, 3.05) is 20.1 Å². The summed E-state index contributed by atoms with van der Waals surface area (Å²) in [6.45, 7) is 5.20. The molecule has 2 amide bonds. The molecule has 18 heavy (non-hydrogen) atoms. The highest BCUT2D eigenvalue weighted by Crippen LogP contribution is 2.21. The molecule has 104 valence electrons. The van der Waals surface area contributed by atoms with Crippen LogP contribution in [0.5, 0.6) is 0 Å². The maximum absolute atomic E-state index is 11.8. The normalized spacial score (nSPS) is 24.6. The maximum atomic E-state index is 11.8. The Balaban J connectivity index is 2.28. The molecule has 5 heteroatoms. The predicted octanol–water partition coefficient (Wildman–Crippen LogP) is 0.502. The molecule has 5 nitrogen and oxygen atoms in total. The molecule has 0 bridgehead atoms. The molecule has 1 aliphatic heterocycles.